The Morgan fingerprint density at radius 2 is 1.88 bits per heavy atom. The van der Waals surface area contributed by atoms with Crippen molar-refractivity contribution in [1.82, 2.24) is 4.98 Å². The van der Waals surface area contributed by atoms with Crippen LogP contribution in [0.25, 0.3) is 0 Å². The molecule has 17 heavy (non-hydrogen) atoms. The van der Waals surface area contributed by atoms with E-state index < -0.39 is 0 Å². The topological polar surface area (TPSA) is 24.9 Å². The van der Waals surface area contributed by atoms with Crippen LogP contribution in [0.15, 0.2) is 48.8 Å². The van der Waals surface area contributed by atoms with Crippen molar-refractivity contribution in [3.05, 3.63) is 59.9 Å². The summed E-state index contributed by atoms with van der Waals surface area (Å²) in [6.45, 7) is 3.11. The second kappa shape index (κ2) is 6.04. The van der Waals surface area contributed by atoms with Gasteiger partial charge in [0.25, 0.3) is 0 Å². The first-order chi connectivity index (χ1) is 8.38. The lowest BCUT2D eigenvalue weighted by Crippen LogP contribution is -2.04. The zero-order valence-corrected chi connectivity index (χ0v) is 10.2. The van der Waals surface area contributed by atoms with Crippen LogP contribution in [-0.4, -0.2) is 11.5 Å². The summed E-state index contributed by atoms with van der Waals surface area (Å²) in [5.74, 6) is 0. The number of aromatic nitrogens is 1. The molecular formula is C15H18N2. The summed E-state index contributed by atoms with van der Waals surface area (Å²) in [6.07, 6.45) is 5.82. The van der Waals surface area contributed by atoms with E-state index in [1.54, 1.807) is 6.20 Å². The zero-order valence-electron chi connectivity index (χ0n) is 10.2. The highest BCUT2D eigenvalue weighted by atomic mass is 14.9. The van der Waals surface area contributed by atoms with Crippen LogP contribution >= 0.6 is 0 Å². The largest absolute Gasteiger partial charge is 0.385 e. The molecule has 0 fully saturated rings. The van der Waals surface area contributed by atoms with Gasteiger partial charge in [-0.25, -0.2) is 0 Å². The number of benzene rings is 1. The van der Waals surface area contributed by atoms with E-state index >= 15 is 0 Å². The Balaban J connectivity index is 1.82. The lowest BCUT2D eigenvalue weighted by molar-refractivity contribution is 1.00. The molecule has 1 N–H and O–H groups in total. The highest BCUT2D eigenvalue weighted by molar-refractivity contribution is 5.44. The van der Waals surface area contributed by atoms with E-state index in [1.165, 1.54) is 16.8 Å². The van der Waals surface area contributed by atoms with Crippen LogP contribution in [0, 0.1) is 0 Å². The zero-order chi connectivity index (χ0) is 11.9. The van der Waals surface area contributed by atoms with Crippen molar-refractivity contribution >= 4 is 5.69 Å². The minimum atomic E-state index is 0.942. The van der Waals surface area contributed by atoms with Crippen molar-refractivity contribution in [1.29, 1.82) is 0 Å². The third-order valence-corrected chi connectivity index (χ3v) is 2.83. The Bertz CT molecular complexity index is 434. The molecule has 0 saturated heterocycles. The lowest BCUT2D eigenvalue weighted by atomic mass is 10.1. The molecule has 0 radical (unpaired) electrons. The fourth-order valence-electron chi connectivity index (χ4n) is 1.76. The van der Waals surface area contributed by atoms with Crippen LogP contribution in [0.3, 0.4) is 0 Å². The Kier molecular flexibility index (Phi) is 4.14. The molecule has 0 aliphatic heterocycles. The Labute approximate surface area is 103 Å². The van der Waals surface area contributed by atoms with Crippen molar-refractivity contribution < 1.29 is 0 Å². The molecule has 0 aliphatic rings. The van der Waals surface area contributed by atoms with Gasteiger partial charge in [0.05, 0.1) is 0 Å². The second-order valence-corrected chi connectivity index (χ2v) is 4.09. The van der Waals surface area contributed by atoms with Gasteiger partial charge >= 0.3 is 0 Å². The smallest absolute Gasteiger partial charge is 0.0340 e. The number of hydrogen-bond donors (Lipinski definition) is 1. The molecule has 0 saturated carbocycles. The Hall–Kier alpha value is -1.83. The first-order valence-corrected chi connectivity index (χ1v) is 6.10. The molecule has 0 atom stereocenters. The molecule has 0 amide bonds. The fourth-order valence-corrected chi connectivity index (χ4v) is 1.76. The van der Waals surface area contributed by atoms with E-state index in [2.05, 4.69) is 47.6 Å². The summed E-state index contributed by atoms with van der Waals surface area (Å²) >= 11 is 0. The normalized spacial score (nSPS) is 10.2. The molecule has 1 heterocycles. The highest BCUT2D eigenvalue weighted by Crippen LogP contribution is 2.10. The van der Waals surface area contributed by atoms with E-state index in [1.807, 2.05) is 12.3 Å². The van der Waals surface area contributed by atoms with Crippen LogP contribution in [-0.2, 0) is 12.8 Å². The number of pyridine rings is 1. The van der Waals surface area contributed by atoms with E-state index in [0.717, 1.165) is 19.4 Å². The predicted octanol–water partition coefficient (Wildman–Crippen LogP) is 3.30. The second-order valence-electron chi connectivity index (χ2n) is 4.09. The van der Waals surface area contributed by atoms with Gasteiger partial charge in [-0.2, -0.15) is 0 Å². The summed E-state index contributed by atoms with van der Waals surface area (Å²) in [4.78, 5) is 4.11. The number of rotatable bonds is 5. The quantitative estimate of drug-likeness (QED) is 0.846. The first-order valence-electron chi connectivity index (χ1n) is 6.10. The Morgan fingerprint density at radius 3 is 2.53 bits per heavy atom. The highest BCUT2D eigenvalue weighted by Gasteiger charge is 1.94. The van der Waals surface area contributed by atoms with Gasteiger partial charge in [0, 0.05) is 24.6 Å². The molecule has 1 aromatic heterocycles. The van der Waals surface area contributed by atoms with Crippen LogP contribution in [0.2, 0.25) is 0 Å². The van der Waals surface area contributed by atoms with Gasteiger partial charge in [-0.3, -0.25) is 4.98 Å². The monoisotopic (exact) mass is 226 g/mol. The van der Waals surface area contributed by atoms with Gasteiger partial charge in [0.1, 0.15) is 0 Å². The van der Waals surface area contributed by atoms with E-state index in [9.17, 15) is 0 Å². The molecule has 2 nitrogen and oxygen atoms in total. The molecule has 1 aromatic carbocycles. The van der Waals surface area contributed by atoms with Crippen LogP contribution in [0.4, 0.5) is 5.69 Å². The SMILES string of the molecule is CCc1ccc(NCCc2cccnc2)cc1. The van der Waals surface area contributed by atoms with Gasteiger partial charge in [0.15, 0.2) is 0 Å². The molecule has 88 valence electrons. The molecule has 0 bridgehead atoms. The summed E-state index contributed by atoms with van der Waals surface area (Å²) in [5.41, 5.74) is 3.83. The van der Waals surface area contributed by atoms with Gasteiger partial charge in [0.2, 0.25) is 0 Å². The third kappa shape index (κ3) is 3.59. The molecule has 0 aliphatic carbocycles. The maximum absolute atomic E-state index is 4.11. The number of aryl methyl sites for hydroxylation is 1. The number of nitrogens with zero attached hydrogens (tertiary/aromatic N) is 1. The molecule has 0 unspecified atom stereocenters. The van der Waals surface area contributed by atoms with Crippen molar-refractivity contribution in [3.8, 4) is 0 Å². The molecule has 2 heteroatoms. The number of nitrogens with one attached hydrogen (secondary N) is 1. The van der Waals surface area contributed by atoms with E-state index in [-0.39, 0.29) is 0 Å². The van der Waals surface area contributed by atoms with Crippen molar-refractivity contribution in [2.24, 2.45) is 0 Å². The minimum Gasteiger partial charge on any atom is -0.385 e. The minimum absolute atomic E-state index is 0.942. The van der Waals surface area contributed by atoms with Crippen molar-refractivity contribution in [3.63, 3.8) is 0 Å². The number of hydrogen-bond acceptors (Lipinski definition) is 2. The van der Waals surface area contributed by atoms with E-state index in [0.29, 0.717) is 0 Å². The summed E-state index contributed by atoms with van der Waals surface area (Å²) in [7, 11) is 0. The molecule has 2 aromatic rings. The molecule has 0 spiro atoms. The van der Waals surface area contributed by atoms with Crippen LogP contribution in [0.1, 0.15) is 18.1 Å². The van der Waals surface area contributed by atoms with Crippen LogP contribution in [0.5, 0.6) is 0 Å². The van der Waals surface area contributed by atoms with Gasteiger partial charge in [-0.1, -0.05) is 25.1 Å². The fraction of sp³-hybridized carbons (Fsp3) is 0.267. The predicted molar refractivity (Wildman–Crippen MR) is 72.3 cm³/mol. The molecular weight excluding hydrogens is 208 g/mol. The van der Waals surface area contributed by atoms with Crippen LogP contribution < -0.4 is 5.32 Å². The summed E-state index contributed by atoms with van der Waals surface area (Å²) in [6, 6.07) is 12.7. The average molecular weight is 226 g/mol. The number of anilines is 1. The van der Waals surface area contributed by atoms with Gasteiger partial charge in [-0.05, 0) is 42.2 Å². The van der Waals surface area contributed by atoms with Crippen molar-refractivity contribution in [2.75, 3.05) is 11.9 Å². The lowest BCUT2D eigenvalue weighted by Gasteiger charge is -2.06. The molecule has 2 rings (SSSR count). The van der Waals surface area contributed by atoms with Crippen molar-refractivity contribution in [2.45, 2.75) is 19.8 Å². The third-order valence-electron chi connectivity index (χ3n) is 2.83. The summed E-state index contributed by atoms with van der Waals surface area (Å²) < 4.78 is 0. The standard InChI is InChI=1S/C15H18N2/c1-2-13-5-7-15(8-6-13)17-11-9-14-4-3-10-16-12-14/h3-8,10,12,17H,2,9,11H2,1H3. The van der Waals surface area contributed by atoms with Gasteiger partial charge in [-0.15, -0.1) is 0 Å². The van der Waals surface area contributed by atoms with Gasteiger partial charge < -0.3 is 5.32 Å². The first kappa shape index (κ1) is 11.6. The van der Waals surface area contributed by atoms with E-state index in [4.69, 9.17) is 0 Å². The maximum Gasteiger partial charge on any atom is 0.0340 e. The maximum atomic E-state index is 4.11. The Morgan fingerprint density at radius 1 is 1.06 bits per heavy atom. The summed E-state index contributed by atoms with van der Waals surface area (Å²) in [5, 5.41) is 3.42. The average Bonchev–Trinajstić information content (AvgIpc) is 2.41.